The summed E-state index contributed by atoms with van der Waals surface area (Å²) >= 11 is 1.22. The molecule has 1 N–H and O–H groups in total. The molecule has 34 heavy (non-hydrogen) atoms. The maximum atomic E-state index is 15.2. The summed E-state index contributed by atoms with van der Waals surface area (Å²) in [7, 11) is -3.99. The molecule has 8 heteroatoms. The van der Waals surface area contributed by atoms with Crippen LogP contribution in [0, 0.1) is 11.7 Å². The minimum atomic E-state index is -3.99. The van der Waals surface area contributed by atoms with Crippen LogP contribution >= 0.6 is 11.3 Å². The molecule has 0 spiro atoms. The van der Waals surface area contributed by atoms with Crippen LogP contribution in [0.4, 0.5) is 4.39 Å². The number of hydrogen-bond acceptors (Lipinski definition) is 5. The molecular weight excluding hydrogens is 471 g/mol. The molecule has 1 saturated carbocycles. The second-order valence-corrected chi connectivity index (χ2v) is 13.2. The van der Waals surface area contributed by atoms with E-state index < -0.39 is 14.8 Å². The topological polar surface area (TPSA) is 72.2 Å². The van der Waals surface area contributed by atoms with Gasteiger partial charge in [0.2, 0.25) is 9.84 Å². The second kappa shape index (κ2) is 9.91. The van der Waals surface area contributed by atoms with Crippen LogP contribution < -0.4 is 0 Å². The van der Waals surface area contributed by atoms with Crippen molar-refractivity contribution in [1.82, 2.24) is 9.55 Å². The molecule has 184 valence electrons. The molecular formula is C26H33FN2O3S2. The van der Waals surface area contributed by atoms with E-state index >= 15 is 4.39 Å². The van der Waals surface area contributed by atoms with Crippen molar-refractivity contribution in [3.8, 4) is 11.1 Å². The van der Waals surface area contributed by atoms with E-state index in [1.165, 1.54) is 17.4 Å². The molecule has 5 nitrogen and oxygen atoms in total. The summed E-state index contributed by atoms with van der Waals surface area (Å²) in [5.41, 5.74) is 1.53. The number of aromatic nitrogens is 2. The minimum absolute atomic E-state index is 0.155. The monoisotopic (exact) mass is 504 g/mol. The van der Waals surface area contributed by atoms with E-state index in [0.29, 0.717) is 42.0 Å². The quantitative estimate of drug-likeness (QED) is 0.409. The van der Waals surface area contributed by atoms with Crippen LogP contribution in [-0.4, -0.2) is 28.0 Å². The van der Waals surface area contributed by atoms with Gasteiger partial charge in [0, 0.05) is 34.8 Å². The number of sulfone groups is 1. The zero-order valence-electron chi connectivity index (χ0n) is 20.1. The molecule has 1 aliphatic rings. The van der Waals surface area contributed by atoms with Gasteiger partial charge < -0.3 is 9.67 Å². The molecule has 1 aromatic carbocycles. The van der Waals surface area contributed by atoms with Crippen LogP contribution in [0.2, 0.25) is 0 Å². The molecule has 2 aromatic heterocycles. The van der Waals surface area contributed by atoms with E-state index in [4.69, 9.17) is 0 Å². The normalized spacial score (nSPS) is 16.3. The summed E-state index contributed by atoms with van der Waals surface area (Å²) in [6.07, 6.45) is 7.81. The summed E-state index contributed by atoms with van der Waals surface area (Å²) in [5, 5.41) is 11.1. The lowest BCUT2D eigenvalue weighted by atomic mass is 9.97. The predicted octanol–water partition coefficient (Wildman–Crippen LogP) is 5.99. The number of aryl methyl sites for hydroxylation is 1. The average Bonchev–Trinajstić information content (AvgIpc) is 3.42. The van der Waals surface area contributed by atoms with Crippen molar-refractivity contribution in [3.05, 3.63) is 58.7 Å². The van der Waals surface area contributed by atoms with Gasteiger partial charge in [-0.05, 0) is 55.7 Å². The molecule has 2 heterocycles. The van der Waals surface area contributed by atoms with E-state index in [0.717, 1.165) is 30.0 Å². The van der Waals surface area contributed by atoms with Gasteiger partial charge in [-0.2, -0.15) is 0 Å². The highest BCUT2D eigenvalue weighted by Gasteiger charge is 2.45. The molecule has 0 unspecified atom stereocenters. The van der Waals surface area contributed by atoms with Crippen LogP contribution in [0.3, 0.4) is 0 Å². The van der Waals surface area contributed by atoms with Crippen molar-refractivity contribution >= 4 is 21.2 Å². The van der Waals surface area contributed by atoms with Crippen LogP contribution in [0.15, 0.2) is 40.9 Å². The maximum Gasteiger partial charge on any atom is 0.217 e. The molecule has 0 bridgehead atoms. The molecule has 1 aliphatic carbocycles. The van der Waals surface area contributed by atoms with E-state index in [1.807, 2.05) is 23.8 Å². The van der Waals surface area contributed by atoms with Crippen LogP contribution in [0.1, 0.15) is 69.1 Å². The summed E-state index contributed by atoms with van der Waals surface area (Å²) in [6, 6.07) is 6.79. The highest BCUT2D eigenvalue weighted by atomic mass is 32.2. The number of halogens is 1. The zero-order chi connectivity index (χ0) is 24.5. The predicted molar refractivity (Wildman–Crippen MR) is 134 cm³/mol. The smallest absolute Gasteiger partial charge is 0.217 e. The highest BCUT2D eigenvalue weighted by Crippen LogP contribution is 2.44. The van der Waals surface area contributed by atoms with Gasteiger partial charge in [0.05, 0.1) is 6.54 Å². The zero-order valence-corrected chi connectivity index (χ0v) is 21.7. The third-order valence-corrected chi connectivity index (χ3v) is 10.5. The third kappa shape index (κ3) is 4.86. The Balaban J connectivity index is 1.75. The Morgan fingerprint density at radius 2 is 1.94 bits per heavy atom. The number of thiophene rings is 1. The highest BCUT2D eigenvalue weighted by molar-refractivity contribution is 7.94. The number of benzene rings is 1. The first-order chi connectivity index (χ1) is 16.1. The largest absolute Gasteiger partial charge is 0.374 e. The van der Waals surface area contributed by atoms with Gasteiger partial charge >= 0.3 is 0 Å². The molecule has 3 aromatic rings. The molecule has 4 rings (SSSR count). The van der Waals surface area contributed by atoms with Crippen molar-refractivity contribution in [2.24, 2.45) is 5.92 Å². The average molecular weight is 505 g/mol. The first-order valence-electron chi connectivity index (χ1n) is 12.0. The first-order valence-corrected chi connectivity index (χ1v) is 14.3. The summed E-state index contributed by atoms with van der Waals surface area (Å²) in [4.78, 5) is 3.47. The van der Waals surface area contributed by atoms with Crippen molar-refractivity contribution < 1.29 is 17.9 Å². The van der Waals surface area contributed by atoms with Gasteiger partial charge in [-0.3, -0.25) is 0 Å². The van der Waals surface area contributed by atoms with Gasteiger partial charge in [-0.1, -0.05) is 39.3 Å². The van der Waals surface area contributed by atoms with Gasteiger partial charge in [-0.25, -0.2) is 17.8 Å². The fraction of sp³-hybridized carbons (Fsp3) is 0.500. The van der Waals surface area contributed by atoms with Crippen molar-refractivity contribution in [2.75, 3.05) is 0 Å². The Hall–Kier alpha value is -2.03. The standard InChI is InChI=1S/C26H33FN2O3S2/c1-4-24-28-12-13-29(24)17-20-9-8-19(15-23(20)27)22-16-21(14-18(2)3)33-25(22)34(31,32)26(30)10-6-5-7-11-26/h8-9,12-13,15-16,18,30H,4-7,10-11,14,17H2,1-3H3. The fourth-order valence-corrected chi connectivity index (χ4v) is 8.68. The van der Waals surface area contributed by atoms with Crippen molar-refractivity contribution in [3.63, 3.8) is 0 Å². The van der Waals surface area contributed by atoms with Crippen LogP contribution in [-0.2, 0) is 29.2 Å². The molecule has 0 saturated heterocycles. The number of hydrogen-bond donors (Lipinski definition) is 1. The van der Waals surface area contributed by atoms with Crippen LogP contribution in [0.5, 0.6) is 0 Å². The van der Waals surface area contributed by atoms with E-state index in [1.54, 1.807) is 18.3 Å². The maximum absolute atomic E-state index is 15.2. The van der Waals surface area contributed by atoms with Crippen LogP contribution in [0.25, 0.3) is 11.1 Å². The Kier molecular flexibility index (Phi) is 7.31. The van der Waals surface area contributed by atoms with Crippen molar-refractivity contribution in [2.45, 2.75) is 81.4 Å². The lowest BCUT2D eigenvalue weighted by Gasteiger charge is -2.31. The number of aliphatic hydroxyl groups is 1. The van der Waals surface area contributed by atoms with Gasteiger partial charge in [0.25, 0.3) is 0 Å². The summed E-state index contributed by atoms with van der Waals surface area (Å²) in [5.74, 6) is 0.847. The van der Waals surface area contributed by atoms with Crippen molar-refractivity contribution in [1.29, 1.82) is 0 Å². The summed E-state index contributed by atoms with van der Waals surface area (Å²) in [6.45, 7) is 6.53. The van der Waals surface area contributed by atoms with Gasteiger partial charge in [0.15, 0.2) is 4.93 Å². The number of rotatable bonds is 8. The summed E-state index contributed by atoms with van der Waals surface area (Å²) < 4.78 is 44.7. The SMILES string of the molecule is CCc1nccn1Cc1ccc(-c2cc(CC(C)C)sc2S(=O)(=O)C2(O)CCCCC2)cc1F. The molecule has 1 fully saturated rings. The third-order valence-electron chi connectivity index (χ3n) is 6.56. The Labute approximate surface area is 205 Å². The van der Waals surface area contributed by atoms with E-state index in [-0.39, 0.29) is 22.9 Å². The van der Waals surface area contributed by atoms with Gasteiger partial charge in [-0.15, -0.1) is 11.3 Å². The minimum Gasteiger partial charge on any atom is -0.374 e. The van der Waals surface area contributed by atoms with E-state index in [2.05, 4.69) is 18.8 Å². The van der Waals surface area contributed by atoms with Gasteiger partial charge in [0.1, 0.15) is 15.9 Å². The fourth-order valence-electron chi connectivity index (χ4n) is 4.70. The molecule has 0 aliphatic heterocycles. The lowest BCUT2D eigenvalue weighted by molar-refractivity contribution is 0.0832. The second-order valence-electron chi connectivity index (χ2n) is 9.65. The molecule has 0 radical (unpaired) electrons. The Morgan fingerprint density at radius 1 is 1.21 bits per heavy atom. The Bertz CT molecular complexity index is 1250. The molecule has 0 amide bonds. The Morgan fingerprint density at radius 3 is 2.59 bits per heavy atom. The number of imidazole rings is 1. The lowest BCUT2D eigenvalue weighted by Crippen LogP contribution is -2.40. The van der Waals surface area contributed by atoms with E-state index in [9.17, 15) is 13.5 Å². The number of nitrogens with zero attached hydrogens (tertiary/aromatic N) is 2. The molecule has 0 atom stereocenters. The first kappa shape index (κ1) is 25.1.